The van der Waals surface area contributed by atoms with Crippen molar-refractivity contribution >= 4 is 17.4 Å². The number of anilines is 1. The Kier molecular flexibility index (Phi) is 3.92. The second-order valence-corrected chi connectivity index (χ2v) is 4.94. The minimum Gasteiger partial charge on any atom is -0.398 e. The van der Waals surface area contributed by atoms with Gasteiger partial charge >= 0.3 is 5.69 Å². The van der Waals surface area contributed by atoms with Gasteiger partial charge in [-0.2, -0.15) is 5.26 Å². The fourth-order valence-electron chi connectivity index (χ4n) is 1.61. The van der Waals surface area contributed by atoms with Gasteiger partial charge in [-0.3, -0.25) is 4.57 Å². The van der Waals surface area contributed by atoms with Crippen LogP contribution in [0, 0.1) is 11.3 Å². The molecule has 0 aliphatic carbocycles. The first kappa shape index (κ1) is 13.2. The summed E-state index contributed by atoms with van der Waals surface area (Å²) in [4.78, 5) is 12.3. The number of benzene rings is 1. The number of nitrogens with two attached hydrogens (primary N) is 1. The van der Waals surface area contributed by atoms with Crippen LogP contribution in [-0.4, -0.2) is 14.8 Å². The average Bonchev–Trinajstić information content (AvgIpc) is 2.74. The van der Waals surface area contributed by atoms with Crippen LogP contribution in [0.3, 0.4) is 0 Å². The Bertz CT molecular complexity index is 682. The van der Waals surface area contributed by atoms with Gasteiger partial charge in [0.1, 0.15) is 0 Å². The van der Waals surface area contributed by atoms with Crippen LogP contribution < -0.4 is 11.4 Å². The molecule has 0 aliphatic rings. The number of nitrogen functional groups attached to an aromatic ring is 1. The molecule has 2 aromatic rings. The number of aromatic amines is 1. The molecule has 0 saturated carbocycles. The maximum absolute atomic E-state index is 11.6. The molecule has 0 aliphatic heterocycles. The van der Waals surface area contributed by atoms with Crippen molar-refractivity contribution in [2.75, 3.05) is 5.73 Å². The van der Waals surface area contributed by atoms with Crippen molar-refractivity contribution in [3.05, 3.63) is 34.2 Å². The van der Waals surface area contributed by atoms with Crippen LogP contribution in [0.5, 0.6) is 0 Å². The van der Waals surface area contributed by atoms with Crippen LogP contribution in [0.25, 0.3) is 0 Å². The molecular weight excluding hydrogens is 262 g/mol. The lowest BCUT2D eigenvalue weighted by Crippen LogP contribution is -2.17. The fraction of sp³-hybridized carbons (Fsp3) is 0.250. The summed E-state index contributed by atoms with van der Waals surface area (Å²) in [5.74, 6) is 0. The van der Waals surface area contributed by atoms with E-state index in [4.69, 9.17) is 11.0 Å². The molecule has 1 aromatic heterocycles. The maximum Gasteiger partial charge on any atom is 0.343 e. The highest BCUT2D eigenvalue weighted by atomic mass is 32.2. The van der Waals surface area contributed by atoms with Crippen molar-refractivity contribution < 1.29 is 0 Å². The summed E-state index contributed by atoms with van der Waals surface area (Å²) in [6, 6.07) is 7.08. The molecular formula is C12H13N5OS. The quantitative estimate of drug-likeness (QED) is 0.825. The molecule has 0 fully saturated rings. The SMILES string of the molecule is CCCn1c(Sc2ccc(C#N)cc2N)n[nH]c1=O. The first-order valence-electron chi connectivity index (χ1n) is 5.78. The standard InChI is InChI=1S/C12H13N5OS/c1-2-5-17-11(18)15-16-12(17)19-10-4-3-8(7-13)6-9(10)14/h3-4,6H,2,5,14H2,1H3,(H,15,18). The number of H-pyrrole nitrogens is 1. The van der Waals surface area contributed by atoms with Crippen LogP contribution in [0.1, 0.15) is 18.9 Å². The molecule has 3 N–H and O–H groups in total. The van der Waals surface area contributed by atoms with E-state index in [2.05, 4.69) is 10.2 Å². The first-order valence-corrected chi connectivity index (χ1v) is 6.60. The molecule has 19 heavy (non-hydrogen) atoms. The lowest BCUT2D eigenvalue weighted by molar-refractivity contribution is 0.604. The highest BCUT2D eigenvalue weighted by Crippen LogP contribution is 2.30. The summed E-state index contributed by atoms with van der Waals surface area (Å²) in [5.41, 5.74) is 6.66. The summed E-state index contributed by atoms with van der Waals surface area (Å²) in [6.07, 6.45) is 0.843. The monoisotopic (exact) mass is 275 g/mol. The van der Waals surface area contributed by atoms with Gasteiger partial charge in [0.05, 0.1) is 11.6 Å². The zero-order valence-electron chi connectivity index (χ0n) is 10.4. The lowest BCUT2D eigenvalue weighted by atomic mass is 10.2. The Morgan fingerprint density at radius 2 is 2.37 bits per heavy atom. The van der Waals surface area contributed by atoms with E-state index in [1.807, 2.05) is 13.0 Å². The molecule has 6 nitrogen and oxygen atoms in total. The average molecular weight is 275 g/mol. The third kappa shape index (κ3) is 2.80. The molecule has 0 atom stereocenters. The number of rotatable bonds is 4. The summed E-state index contributed by atoms with van der Waals surface area (Å²) >= 11 is 1.31. The van der Waals surface area contributed by atoms with Crippen LogP contribution in [-0.2, 0) is 6.54 Å². The molecule has 0 bridgehead atoms. The van der Waals surface area contributed by atoms with Gasteiger partial charge in [0.25, 0.3) is 0 Å². The molecule has 0 saturated heterocycles. The van der Waals surface area contributed by atoms with Crippen molar-refractivity contribution in [2.45, 2.75) is 29.9 Å². The maximum atomic E-state index is 11.6. The molecule has 0 spiro atoms. The van der Waals surface area contributed by atoms with Gasteiger partial charge in [-0.25, -0.2) is 9.89 Å². The second-order valence-electron chi connectivity index (χ2n) is 3.93. The van der Waals surface area contributed by atoms with Gasteiger partial charge in [-0.05, 0) is 36.4 Å². The van der Waals surface area contributed by atoms with Gasteiger partial charge in [-0.1, -0.05) is 6.92 Å². The van der Waals surface area contributed by atoms with Crippen molar-refractivity contribution in [2.24, 2.45) is 0 Å². The summed E-state index contributed by atoms with van der Waals surface area (Å²) in [5, 5.41) is 15.8. The van der Waals surface area contributed by atoms with Crippen molar-refractivity contribution in [3.8, 4) is 6.07 Å². The molecule has 0 unspecified atom stereocenters. The van der Waals surface area contributed by atoms with Crippen LogP contribution >= 0.6 is 11.8 Å². The Balaban J connectivity index is 2.32. The molecule has 7 heteroatoms. The minimum atomic E-state index is -0.225. The normalized spacial score (nSPS) is 10.3. The third-order valence-corrected chi connectivity index (χ3v) is 3.60. The number of nitrogens with one attached hydrogen (secondary N) is 1. The predicted molar refractivity (Wildman–Crippen MR) is 72.8 cm³/mol. The van der Waals surface area contributed by atoms with E-state index >= 15 is 0 Å². The van der Waals surface area contributed by atoms with Crippen molar-refractivity contribution in [3.63, 3.8) is 0 Å². The van der Waals surface area contributed by atoms with E-state index in [0.717, 1.165) is 11.3 Å². The van der Waals surface area contributed by atoms with E-state index in [-0.39, 0.29) is 5.69 Å². The Morgan fingerprint density at radius 3 is 3.00 bits per heavy atom. The summed E-state index contributed by atoms with van der Waals surface area (Å²) < 4.78 is 1.57. The van der Waals surface area contributed by atoms with E-state index in [1.165, 1.54) is 11.8 Å². The summed E-state index contributed by atoms with van der Waals surface area (Å²) in [6.45, 7) is 2.60. The molecule has 0 amide bonds. The molecule has 0 radical (unpaired) electrons. The molecule has 1 aromatic carbocycles. The number of hydrogen-bond donors (Lipinski definition) is 2. The van der Waals surface area contributed by atoms with E-state index in [9.17, 15) is 4.79 Å². The van der Waals surface area contributed by atoms with E-state index in [1.54, 1.807) is 22.8 Å². The van der Waals surface area contributed by atoms with Gasteiger partial charge in [0.2, 0.25) is 0 Å². The first-order chi connectivity index (χ1) is 9.15. The number of hydrogen-bond acceptors (Lipinski definition) is 5. The third-order valence-electron chi connectivity index (χ3n) is 2.51. The lowest BCUT2D eigenvalue weighted by Gasteiger charge is -2.06. The van der Waals surface area contributed by atoms with Gasteiger partial charge in [0, 0.05) is 17.1 Å². The van der Waals surface area contributed by atoms with Crippen LogP contribution in [0.15, 0.2) is 33.0 Å². The van der Waals surface area contributed by atoms with Crippen LogP contribution in [0.4, 0.5) is 5.69 Å². The smallest absolute Gasteiger partial charge is 0.343 e. The van der Waals surface area contributed by atoms with Gasteiger partial charge in [-0.15, -0.1) is 5.10 Å². The van der Waals surface area contributed by atoms with Crippen molar-refractivity contribution in [1.29, 1.82) is 5.26 Å². The highest BCUT2D eigenvalue weighted by molar-refractivity contribution is 7.99. The largest absolute Gasteiger partial charge is 0.398 e. The fourth-order valence-corrected chi connectivity index (χ4v) is 2.50. The Morgan fingerprint density at radius 1 is 1.58 bits per heavy atom. The zero-order chi connectivity index (χ0) is 13.8. The Labute approximate surface area is 114 Å². The highest BCUT2D eigenvalue weighted by Gasteiger charge is 2.11. The predicted octanol–water partition coefficient (Wildman–Crippen LogP) is 1.59. The number of aromatic nitrogens is 3. The zero-order valence-corrected chi connectivity index (χ0v) is 11.2. The molecule has 2 rings (SSSR count). The van der Waals surface area contributed by atoms with Gasteiger partial charge in [0.15, 0.2) is 5.16 Å². The number of nitriles is 1. The van der Waals surface area contributed by atoms with Gasteiger partial charge < -0.3 is 5.73 Å². The number of nitrogens with zero attached hydrogens (tertiary/aromatic N) is 3. The Hall–Kier alpha value is -2.20. The summed E-state index contributed by atoms with van der Waals surface area (Å²) in [7, 11) is 0. The minimum absolute atomic E-state index is 0.225. The van der Waals surface area contributed by atoms with E-state index in [0.29, 0.717) is 23.0 Å². The van der Waals surface area contributed by atoms with Crippen molar-refractivity contribution in [1.82, 2.24) is 14.8 Å². The topological polar surface area (TPSA) is 100 Å². The molecule has 1 heterocycles. The second kappa shape index (κ2) is 5.63. The van der Waals surface area contributed by atoms with Crippen LogP contribution in [0.2, 0.25) is 0 Å². The van der Waals surface area contributed by atoms with E-state index < -0.39 is 0 Å². The molecule has 98 valence electrons.